The number of nitrogens with zero attached hydrogens (tertiary/aromatic N) is 1. The van der Waals surface area contributed by atoms with E-state index in [1.807, 2.05) is 43.3 Å². The molecule has 0 bridgehead atoms. The van der Waals surface area contributed by atoms with Crippen molar-refractivity contribution in [3.05, 3.63) is 65.2 Å². The first-order valence-electron chi connectivity index (χ1n) is 7.90. The number of hydrogen-bond donors (Lipinski definition) is 0. The van der Waals surface area contributed by atoms with Gasteiger partial charge in [-0.2, -0.15) is 0 Å². The normalized spacial score (nSPS) is 15.3. The second-order valence-corrected chi connectivity index (χ2v) is 5.66. The van der Waals surface area contributed by atoms with Crippen LogP contribution in [0.15, 0.2) is 48.5 Å². The molecule has 0 spiro atoms. The molecule has 122 valence electrons. The molecule has 24 heavy (non-hydrogen) atoms. The number of hydrogen-bond acceptors (Lipinski definition) is 3. The number of likely N-dealkylation sites (N-methyl/N-ethyl adjacent to an activating group) is 1. The van der Waals surface area contributed by atoms with E-state index in [-0.39, 0.29) is 11.7 Å². The van der Waals surface area contributed by atoms with Crippen LogP contribution in [-0.2, 0) is 9.53 Å². The molecule has 0 saturated heterocycles. The van der Waals surface area contributed by atoms with E-state index >= 15 is 0 Å². The molecule has 0 atom stereocenters. The Labute approximate surface area is 141 Å². The summed E-state index contributed by atoms with van der Waals surface area (Å²) in [4.78, 5) is 26.2. The summed E-state index contributed by atoms with van der Waals surface area (Å²) < 4.78 is 5.84. The van der Waals surface area contributed by atoms with Gasteiger partial charge in [0.05, 0.1) is 17.9 Å². The quantitative estimate of drug-likeness (QED) is 0.489. The van der Waals surface area contributed by atoms with Gasteiger partial charge < -0.3 is 9.64 Å². The molecule has 1 aliphatic heterocycles. The van der Waals surface area contributed by atoms with E-state index in [4.69, 9.17) is 4.74 Å². The second-order valence-electron chi connectivity index (χ2n) is 5.66. The van der Waals surface area contributed by atoms with Crippen molar-refractivity contribution in [2.24, 2.45) is 0 Å². The second kappa shape index (κ2) is 6.32. The SMILES string of the molecule is CCO/C(=C1\C(=O)N(C)c2ccc(C(C)=O)cc21)c1ccccc1. The van der Waals surface area contributed by atoms with Crippen LogP contribution in [0.2, 0.25) is 0 Å². The molecular formula is C20H19NO3. The zero-order valence-corrected chi connectivity index (χ0v) is 14.0. The van der Waals surface area contributed by atoms with Gasteiger partial charge in [-0.05, 0) is 32.0 Å². The molecule has 2 aromatic rings. The van der Waals surface area contributed by atoms with Crippen LogP contribution in [-0.4, -0.2) is 25.3 Å². The summed E-state index contributed by atoms with van der Waals surface area (Å²) in [7, 11) is 1.73. The summed E-state index contributed by atoms with van der Waals surface area (Å²) in [5, 5.41) is 0. The van der Waals surface area contributed by atoms with E-state index in [9.17, 15) is 9.59 Å². The summed E-state index contributed by atoms with van der Waals surface area (Å²) >= 11 is 0. The molecule has 1 aliphatic rings. The first-order chi connectivity index (χ1) is 11.5. The Balaban J connectivity index is 2.28. The minimum Gasteiger partial charge on any atom is -0.492 e. The maximum Gasteiger partial charge on any atom is 0.262 e. The highest BCUT2D eigenvalue weighted by molar-refractivity contribution is 6.37. The number of carbonyl (C=O) groups excluding carboxylic acids is 2. The monoisotopic (exact) mass is 321 g/mol. The highest BCUT2D eigenvalue weighted by atomic mass is 16.5. The molecule has 0 saturated carbocycles. The molecule has 0 radical (unpaired) electrons. The van der Waals surface area contributed by atoms with Crippen molar-refractivity contribution in [2.75, 3.05) is 18.6 Å². The number of Topliss-reactive ketones (excluding diaryl/α,β-unsaturated/α-hetero) is 1. The van der Waals surface area contributed by atoms with Crippen molar-refractivity contribution in [1.82, 2.24) is 0 Å². The van der Waals surface area contributed by atoms with Gasteiger partial charge >= 0.3 is 0 Å². The third kappa shape index (κ3) is 2.60. The summed E-state index contributed by atoms with van der Waals surface area (Å²) in [5.41, 5.74) is 3.45. The number of ketones is 1. The lowest BCUT2D eigenvalue weighted by Crippen LogP contribution is -2.21. The predicted molar refractivity (Wildman–Crippen MR) is 94.7 cm³/mol. The Morgan fingerprint density at radius 3 is 2.42 bits per heavy atom. The van der Waals surface area contributed by atoms with Gasteiger partial charge in [0.25, 0.3) is 5.91 Å². The fourth-order valence-electron chi connectivity index (χ4n) is 2.89. The summed E-state index contributed by atoms with van der Waals surface area (Å²) in [6.07, 6.45) is 0. The molecule has 4 heteroatoms. The van der Waals surface area contributed by atoms with E-state index in [1.54, 1.807) is 24.1 Å². The number of carbonyl (C=O) groups is 2. The van der Waals surface area contributed by atoms with Crippen molar-refractivity contribution in [3.63, 3.8) is 0 Å². The summed E-state index contributed by atoms with van der Waals surface area (Å²) in [6, 6.07) is 14.9. The van der Waals surface area contributed by atoms with E-state index in [0.717, 1.165) is 16.8 Å². The average Bonchev–Trinajstić information content (AvgIpc) is 2.84. The third-order valence-corrected chi connectivity index (χ3v) is 4.10. The Bertz CT molecular complexity index is 837. The number of rotatable bonds is 4. The van der Waals surface area contributed by atoms with E-state index < -0.39 is 0 Å². The topological polar surface area (TPSA) is 46.6 Å². The molecule has 3 rings (SSSR count). The molecule has 4 nitrogen and oxygen atoms in total. The van der Waals surface area contributed by atoms with Gasteiger partial charge in [0.2, 0.25) is 0 Å². The van der Waals surface area contributed by atoms with Gasteiger partial charge in [0.1, 0.15) is 5.76 Å². The lowest BCUT2D eigenvalue weighted by Gasteiger charge is -2.12. The minimum absolute atomic E-state index is 0.0307. The third-order valence-electron chi connectivity index (χ3n) is 4.10. The van der Waals surface area contributed by atoms with Crippen LogP contribution in [0.3, 0.4) is 0 Å². The molecule has 1 amide bonds. The van der Waals surface area contributed by atoms with Gasteiger partial charge in [0, 0.05) is 23.7 Å². The highest BCUT2D eigenvalue weighted by Gasteiger charge is 2.34. The largest absolute Gasteiger partial charge is 0.492 e. The smallest absolute Gasteiger partial charge is 0.262 e. The minimum atomic E-state index is -0.127. The number of anilines is 1. The predicted octanol–water partition coefficient (Wildman–Crippen LogP) is 3.77. The van der Waals surface area contributed by atoms with E-state index in [0.29, 0.717) is 23.5 Å². The average molecular weight is 321 g/mol. The Morgan fingerprint density at radius 2 is 1.79 bits per heavy atom. The van der Waals surface area contributed by atoms with E-state index in [1.165, 1.54) is 6.92 Å². The zero-order valence-electron chi connectivity index (χ0n) is 14.0. The zero-order chi connectivity index (χ0) is 17.3. The molecule has 0 aliphatic carbocycles. The fraction of sp³-hybridized carbons (Fsp3) is 0.200. The van der Waals surface area contributed by atoms with Crippen LogP contribution in [0.1, 0.15) is 35.3 Å². The lowest BCUT2D eigenvalue weighted by atomic mass is 9.99. The summed E-state index contributed by atoms with van der Waals surface area (Å²) in [5.74, 6) is 0.393. The van der Waals surface area contributed by atoms with Crippen molar-refractivity contribution in [1.29, 1.82) is 0 Å². The van der Waals surface area contributed by atoms with Gasteiger partial charge in [-0.3, -0.25) is 9.59 Å². The van der Waals surface area contributed by atoms with Crippen LogP contribution in [0.5, 0.6) is 0 Å². The van der Waals surface area contributed by atoms with Gasteiger partial charge in [0.15, 0.2) is 5.78 Å². The van der Waals surface area contributed by atoms with Gasteiger partial charge in [-0.1, -0.05) is 30.3 Å². The van der Waals surface area contributed by atoms with Gasteiger partial charge in [-0.25, -0.2) is 0 Å². The molecule has 1 heterocycles. The number of fused-ring (bicyclic) bond motifs is 1. The summed E-state index contributed by atoms with van der Waals surface area (Å²) in [6.45, 7) is 3.86. The molecular weight excluding hydrogens is 302 g/mol. The van der Waals surface area contributed by atoms with Gasteiger partial charge in [-0.15, -0.1) is 0 Å². The Hall–Kier alpha value is -2.88. The van der Waals surface area contributed by atoms with Crippen LogP contribution in [0.4, 0.5) is 5.69 Å². The Morgan fingerprint density at radius 1 is 1.08 bits per heavy atom. The maximum absolute atomic E-state index is 12.8. The maximum atomic E-state index is 12.8. The number of ether oxygens (including phenoxy) is 1. The van der Waals surface area contributed by atoms with E-state index in [2.05, 4.69) is 0 Å². The standard InChI is InChI=1S/C20H19NO3/c1-4-24-19(14-8-6-5-7-9-14)18-16-12-15(13(2)22)10-11-17(16)21(3)20(18)23/h5-12H,4H2,1-3H3/b19-18-. The number of amides is 1. The van der Waals surface area contributed by atoms with Crippen LogP contribution < -0.4 is 4.90 Å². The molecule has 2 aromatic carbocycles. The molecule has 0 fully saturated rings. The van der Waals surface area contributed by atoms with Crippen molar-refractivity contribution >= 4 is 28.7 Å². The van der Waals surface area contributed by atoms with Crippen molar-refractivity contribution < 1.29 is 14.3 Å². The molecule has 0 N–H and O–H groups in total. The number of benzene rings is 2. The van der Waals surface area contributed by atoms with Crippen LogP contribution in [0, 0.1) is 0 Å². The molecule has 0 aromatic heterocycles. The van der Waals surface area contributed by atoms with Crippen LogP contribution in [0.25, 0.3) is 11.3 Å². The fourth-order valence-corrected chi connectivity index (χ4v) is 2.89. The van der Waals surface area contributed by atoms with Crippen molar-refractivity contribution in [2.45, 2.75) is 13.8 Å². The molecule has 0 unspecified atom stereocenters. The lowest BCUT2D eigenvalue weighted by molar-refractivity contribution is -0.112. The Kier molecular flexibility index (Phi) is 4.21. The first-order valence-corrected chi connectivity index (χ1v) is 7.90. The van der Waals surface area contributed by atoms with Crippen LogP contribution >= 0.6 is 0 Å². The highest BCUT2D eigenvalue weighted by Crippen LogP contribution is 2.41. The van der Waals surface area contributed by atoms with Crippen molar-refractivity contribution in [3.8, 4) is 0 Å². The first kappa shape index (κ1) is 16.0.